The Balaban J connectivity index is 1.76. The highest BCUT2D eigenvalue weighted by Gasteiger charge is 2.18. The molecule has 0 atom stereocenters. The fraction of sp³-hybridized carbons (Fsp3) is 0.500. The van der Waals surface area contributed by atoms with Crippen molar-refractivity contribution in [2.75, 3.05) is 0 Å². The van der Waals surface area contributed by atoms with Gasteiger partial charge in [0.1, 0.15) is 12.4 Å². The van der Waals surface area contributed by atoms with Crippen LogP contribution in [-0.2, 0) is 22.7 Å². The second kappa shape index (κ2) is 7.47. The Kier molecular flexibility index (Phi) is 5.13. The SMILES string of the molecule is CC(=O)NCc1nc2ccccc2n1CC(=O)NC1CCCCC1. The molecular formula is C18H24N4O2. The molecule has 0 spiro atoms. The summed E-state index contributed by atoms with van der Waals surface area (Å²) in [5.41, 5.74) is 1.75. The second-order valence-corrected chi connectivity index (χ2v) is 6.42. The fourth-order valence-electron chi connectivity index (χ4n) is 3.30. The van der Waals surface area contributed by atoms with Crippen molar-refractivity contribution >= 4 is 22.8 Å². The molecule has 128 valence electrons. The topological polar surface area (TPSA) is 76.0 Å². The van der Waals surface area contributed by atoms with Gasteiger partial charge in [0, 0.05) is 13.0 Å². The zero-order chi connectivity index (χ0) is 16.9. The number of imidazole rings is 1. The molecule has 1 aromatic carbocycles. The van der Waals surface area contributed by atoms with Crippen molar-refractivity contribution in [2.24, 2.45) is 0 Å². The number of aromatic nitrogens is 2. The highest BCUT2D eigenvalue weighted by molar-refractivity contribution is 5.81. The lowest BCUT2D eigenvalue weighted by Crippen LogP contribution is -2.38. The van der Waals surface area contributed by atoms with E-state index in [-0.39, 0.29) is 18.4 Å². The van der Waals surface area contributed by atoms with E-state index in [2.05, 4.69) is 15.6 Å². The molecule has 24 heavy (non-hydrogen) atoms. The average Bonchev–Trinajstić information content (AvgIpc) is 2.91. The van der Waals surface area contributed by atoms with E-state index in [9.17, 15) is 9.59 Å². The summed E-state index contributed by atoms with van der Waals surface area (Å²) in [4.78, 5) is 28.2. The van der Waals surface area contributed by atoms with E-state index in [1.165, 1.54) is 26.2 Å². The molecule has 1 heterocycles. The van der Waals surface area contributed by atoms with E-state index >= 15 is 0 Å². The molecule has 2 aromatic rings. The minimum absolute atomic E-state index is 0.00845. The minimum Gasteiger partial charge on any atom is -0.352 e. The summed E-state index contributed by atoms with van der Waals surface area (Å²) in [6.07, 6.45) is 5.77. The molecule has 1 aliphatic rings. The van der Waals surface area contributed by atoms with Crippen LogP contribution in [0, 0.1) is 0 Å². The van der Waals surface area contributed by atoms with Crippen LogP contribution in [0.5, 0.6) is 0 Å². The van der Waals surface area contributed by atoms with Gasteiger partial charge in [-0.15, -0.1) is 0 Å². The maximum absolute atomic E-state index is 12.5. The van der Waals surface area contributed by atoms with Crippen LogP contribution in [0.15, 0.2) is 24.3 Å². The zero-order valence-corrected chi connectivity index (χ0v) is 14.0. The summed E-state index contributed by atoms with van der Waals surface area (Å²) in [5, 5.41) is 5.90. The molecule has 0 bridgehead atoms. The third-order valence-electron chi connectivity index (χ3n) is 4.50. The van der Waals surface area contributed by atoms with Crippen LogP contribution in [-0.4, -0.2) is 27.4 Å². The lowest BCUT2D eigenvalue weighted by atomic mass is 9.95. The van der Waals surface area contributed by atoms with Crippen molar-refractivity contribution in [3.8, 4) is 0 Å². The molecule has 0 radical (unpaired) electrons. The van der Waals surface area contributed by atoms with Crippen molar-refractivity contribution in [2.45, 2.75) is 58.2 Å². The molecule has 2 amide bonds. The molecule has 0 saturated heterocycles. The molecule has 0 aliphatic heterocycles. The molecule has 1 aromatic heterocycles. The van der Waals surface area contributed by atoms with Gasteiger partial charge in [-0.25, -0.2) is 4.98 Å². The summed E-state index contributed by atoms with van der Waals surface area (Å²) in [6.45, 7) is 2.02. The Labute approximate surface area is 141 Å². The minimum atomic E-state index is -0.111. The Morgan fingerprint density at radius 1 is 1.21 bits per heavy atom. The quantitative estimate of drug-likeness (QED) is 0.883. The second-order valence-electron chi connectivity index (χ2n) is 6.42. The molecule has 1 fully saturated rings. The number of benzene rings is 1. The van der Waals surface area contributed by atoms with Crippen molar-refractivity contribution in [3.63, 3.8) is 0 Å². The Bertz CT molecular complexity index is 732. The third-order valence-corrected chi connectivity index (χ3v) is 4.50. The Hall–Kier alpha value is -2.37. The molecule has 2 N–H and O–H groups in total. The maximum atomic E-state index is 12.5. The van der Waals surface area contributed by atoms with Gasteiger partial charge in [0.25, 0.3) is 0 Å². The van der Waals surface area contributed by atoms with Gasteiger partial charge in [-0.3, -0.25) is 9.59 Å². The molecular weight excluding hydrogens is 304 g/mol. The van der Waals surface area contributed by atoms with Gasteiger partial charge >= 0.3 is 0 Å². The number of fused-ring (bicyclic) bond motifs is 1. The number of rotatable bonds is 5. The summed E-state index contributed by atoms with van der Waals surface area (Å²) in [6, 6.07) is 8.02. The van der Waals surface area contributed by atoms with Gasteiger partial charge in [0.15, 0.2) is 0 Å². The maximum Gasteiger partial charge on any atom is 0.240 e. The molecule has 6 nitrogen and oxygen atoms in total. The van der Waals surface area contributed by atoms with Crippen molar-refractivity contribution < 1.29 is 9.59 Å². The van der Waals surface area contributed by atoms with Crippen molar-refractivity contribution in [1.29, 1.82) is 0 Å². The monoisotopic (exact) mass is 328 g/mol. The molecule has 6 heteroatoms. The van der Waals surface area contributed by atoms with E-state index in [0.29, 0.717) is 18.4 Å². The van der Waals surface area contributed by atoms with Gasteiger partial charge in [0.05, 0.1) is 17.6 Å². The molecule has 0 unspecified atom stereocenters. The van der Waals surface area contributed by atoms with E-state index in [1.807, 2.05) is 28.8 Å². The van der Waals surface area contributed by atoms with Gasteiger partial charge in [0.2, 0.25) is 11.8 Å². The number of nitrogens with zero attached hydrogens (tertiary/aromatic N) is 2. The van der Waals surface area contributed by atoms with Gasteiger partial charge < -0.3 is 15.2 Å². The smallest absolute Gasteiger partial charge is 0.240 e. The number of amides is 2. The number of carbonyl (C=O) groups excluding carboxylic acids is 2. The first kappa shape index (κ1) is 16.5. The first-order valence-corrected chi connectivity index (χ1v) is 8.61. The van der Waals surface area contributed by atoms with Crippen LogP contribution < -0.4 is 10.6 Å². The number of nitrogens with one attached hydrogen (secondary N) is 2. The fourth-order valence-corrected chi connectivity index (χ4v) is 3.30. The first-order valence-electron chi connectivity index (χ1n) is 8.61. The number of hydrogen-bond acceptors (Lipinski definition) is 3. The van der Waals surface area contributed by atoms with Crippen LogP contribution in [0.4, 0.5) is 0 Å². The number of carbonyl (C=O) groups is 2. The third kappa shape index (κ3) is 3.93. The van der Waals surface area contributed by atoms with Gasteiger partial charge in [-0.2, -0.15) is 0 Å². The summed E-state index contributed by atoms with van der Waals surface area (Å²) >= 11 is 0. The summed E-state index contributed by atoms with van der Waals surface area (Å²) in [5.74, 6) is 0.597. The zero-order valence-electron chi connectivity index (χ0n) is 14.0. The highest BCUT2D eigenvalue weighted by Crippen LogP contribution is 2.18. The van der Waals surface area contributed by atoms with Crippen LogP contribution >= 0.6 is 0 Å². The Morgan fingerprint density at radius 3 is 2.71 bits per heavy atom. The lowest BCUT2D eigenvalue weighted by Gasteiger charge is -2.23. The predicted octanol–water partition coefficient (Wildman–Crippen LogP) is 2.12. The van der Waals surface area contributed by atoms with E-state index < -0.39 is 0 Å². The van der Waals surface area contributed by atoms with Gasteiger partial charge in [-0.05, 0) is 25.0 Å². The van der Waals surface area contributed by atoms with E-state index in [1.54, 1.807) is 0 Å². The van der Waals surface area contributed by atoms with Crippen molar-refractivity contribution in [1.82, 2.24) is 20.2 Å². The normalized spacial score (nSPS) is 15.4. The van der Waals surface area contributed by atoms with E-state index in [0.717, 1.165) is 23.9 Å². The largest absolute Gasteiger partial charge is 0.352 e. The predicted molar refractivity (Wildman–Crippen MR) is 92.3 cm³/mol. The van der Waals surface area contributed by atoms with Crippen LogP contribution in [0.2, 0.25) is 0 Å². The number of para-hydroxylation sites is 2. The number of hydrogen-bond donors (Lipinski definition) is 2. The highest BCUT2D eigenvalue weighted by atomic mass is 16.2. The molecule has 3 rings (SSSR count). The van der Waals surface area contributed by atoms with Crippen LogP contribution in [0.3, 0.4) is 0 Å². The molecule has 1 aliphatic carbocycles. The van der Waals surface area contributed by atoms with Gasteiger partial charge in [-0.1, -0.05) is 31.4 Å². The molecule has 1 saturated carbocycles. The Morgan fingerprint density at radius 2 is 1.96 bits per heavy atom. The lowest BCUT2D eigenvalue weighted by molar-refractivity contribution is -0.122. The summed E-state index contributed by atoms with van der Waals surface area (Å²) < 4.78 is 1.89. The van der Waals surface area contributed by atoms with E-state index in [4.69, 9.17) is 0 Å². The van der Waals surface area contributed by atoms with Crippen LogP contribution in [0.1, 0.15) is 44.9 Å². The van der Waals surface area contributed by atoms with Crippen LogP contribution in [0.25, 0.3) is 11.0 Å². The first-order chi connectivity index (χ1) is 11.6. The van der Waals surface area contributed by atoms with Crippen molar-refractivity contribution in [3.05, 3.63) is 30.1 Å². The summed E-state index contributed by atoms with van der Waals surface area (Å²) in [7, 11) is 0. The standard InChI is InChI=1S/C18H24N4O2/c1-13(23)19-11-17-21-15-9-5-6-10-16(15)22(17)12-18(24)20-14-7-3-2-4-8-14/h5-6,9-10,14H,2-4,7-8,11-12H2,1H3,(H,19,23)(H,20,24). The average molecular weight is 328 g/mol.